The maximum Gasteiger partial charge on any atom is 0.229 e. The van der Waals surface area contributed by atoms with E-state index in [9.17, 15) is 4.79 Å². The highest BCUT2D eigenvalue weighted by Crippen LogP contribution is 2.32. The van der Waals surface area contributed by atoms with Gasteiger partial charge in [0.1, 0.15) is 5.75 Å². The minimum atomic E-state index is -0.132. The number of hydrogen-bond donors (Lipinski definition) is 2. The lowest BCUT2D eigenvalue weighted by molar-refractivity contribution is -0.119. The lowest BCUT2D eigenvalue weighted by atomic mass is 9.90. The highest BCUT2D eigenvalue weighted by atomic mass is 79.9. The van der Waals surface area contributed by atoms with E-state index in [0.717, 1.165) is 16.6 Å². The van der Waals surface area contributed by atoms with Crippen LogP contribution in [0.25, 0.3) is 0 Å². The fourth-order valence-corrected chi connectivity index (χ4v) is 3.38. The molecule has 2 N–H and O–H groups in total. The first-order valence-electron chi connectivity index (χ1n) is 8.01. The lowest BCUT2D eigenvalue weighted by Crippen LogP contribution is -2.28. The molecule has 136 valence electrons. The van der Waals surface area contributed by atoms with Crippen LogP contribution in [0.4, 0.5) is 5.69 Å². The van der Waals surface area contributed by atoms with Gasteiger partial charge < -0.3 is 15.4 Å². The van der Waals surface area contributed by atoms with E-state index >= 15 is 0 Å². The molecule has 25 heavy (non-hydrogen) atoms. The van der Waals surface area contributed by atoms with E-state index in [-0.39, 0.29) is 30.2 Å². The number of carbonyl (C=O) groups excluding carboxylic acids is 1. The van der Waals surface area contributed by atoms with E-state index in [0.29, 0.717) is 24.6 Å². The Bertz CT molecular complexity index is 737. The summed E-state index contributed by atoms with van der Waals surface area (Å²) in [5.41, 5.74) is 1.78. The number of amides is 1. The van der Waals surface area contributed by atoms with Gasteiger partial charge in [0.25, 0.3) is 0 Å². The standard InChI is InChI=1S/C17H21BrN4O2.ClH/c1-3-24-16-6-12(18)4-5-15(16)21-17(23)14-9-19-8-13(14)11-7-20-22(2)10-11;/h4-7,10,13-14,19H,3,8-9H2,1-2H3,(H,21,23);1H/t13-,14+;/m1./s1. The van der Waals surface area contributed by atoms with E-state index in [1.165, 1.54) is 0 Å². The third-order valence-electron chi connectivity index (χ3n) is 4.21. The van der Waals surface area contributed by atoms with Crippen molar-refractivity contribution in [3.05, 3.63) is 40.6 Å². The van der Waals surface area contributed by atoms with Crippen molar-refractivity contribution in [2.24, 2.45) is 13.0 Å². The number of benzene rings is 1. The number of nitrogens with one attached hydrogen (secondary N) is 2. The molecule has 1 aromatic heterocycles. The van der Waals surface area contributed by atoms with Gasteiger partial charge in [0, 0.05) is 36.7 Å². The number of nitrogens with zero attached hydrogens (tertiary/aromatic N) is 2. The second-order valence-electron chi connectivity index (χ2n) is 5.88. The summed E-state index contributed by atoms with van der Waals surface area (Å²) in [6.07, 6.45) is 3.81. The summed E-state index contributed by atoms with van der Waals surface area (Å²) in [7, 11) is 1.89. The monoisotopic (exact) mass is 428 g/mol. The molecule has 2 aromatic rings. The number of ether oxygens (including phenoxy) is 1. The first-order chi connectivity index (χ1) is 11.6. The van der Waals surface area contributed by atoms with Crippen LogP contribution in [-0.2, 0) is 11.8 Å². The minimum Gasteiger partial charge on any atom is -0.492 e. The molecule has 6 nitrogen and oxygen atoms in total. The molecule has 0 unspecified atom stereocenters. The van der Waals surface area contributed by atoms with Crippen LogP contribution < -0.4 is 15.4 Å². The zero-order valence-electron chi connectivity index (χ0n) is 14.2. The van der Waals surface area contributed by atoms with E-state index in [2.05, 4.69) is 31.7 Å². The van der Waals surface area contributed by atoms with Gasteiger partial charge in [-0.2, -0.15) is 5.10 Å². The SMILES string of the molecule is CCOc1cc(Br)ccc1NC(=O)[C@H]1CNC[C@@H]1c1cnn(C)c1.Cl. The van der Waals surface area contributed by atoms with Crippen molar-refractivity contribution in [2.45, 2.75) is 12.8 Å². The zero-order valence-corrected chi connectivity index (χ0v) is 16.6. The number of aromatic nitrogens is 2. The quantitative estimate of drug-likeness (QED) is 0.767. The molecule has 2 atom stereocenters. The molecule has 1 aliphatic heterocycles. The number of anilines is 1. The topological polar surface area (TPSA) is 68.2 Å². The van der Waals surface area contributed by atoms with Crippen LogP contribution in [0.1, 0.15) is 18.4 Å². The Balaban J connectivity index is 0.00000225. The Morgan fingerprint density at radius 3 is 2.96 bits per heavy atom. The van der Waals surface area contributed by atoms with Gasteiger partial charge in [-0.1, -0.05) is 15.9 Å². The van der Waals surface area contributed by atoms with Crippen molar-refractivity contribution in [1.82, 2.24) is 15.1 Å². The molecule has 1 amide bonds. The van der Waals surface area contributed by atoms with Gasteiger partial charge in [0.15, 0.2) is 0 Å². The van der Waals surface area contributed by atoms with Crippen molar-refractivity contribution < 1.29 is 9.53 Å². The van der Waals surface area contributed by atoms with Crippen LogP contribution in [0, 0.1) is 5.92 Å². The summed E-state index contributed by atoms with van der Waals surface area (Å²) in [6.45, 7) is 3.91. The maximum absolute atomic E-state index is 12.8. The molecular weight excluding hydrogens is 408 g/mol. The smallest absolute Gasteiger partial charge is 0.229 e. The average Bonchev–Trinajstić information content (AvgIpc) is 3.18. The molecule has 0 spiro atoms. The van der Waals surface area contributed by atoms with E-state index < -0.39 is 0 Å². The Morgan fingerprint density at radius 1 is 1.48 bits per heavy atom. The van der Waals surface area contributed by atoms with Gasteiger partial charge in [-0.25, -0.2) is 0 Å². The number of aryl methyl sites for hydroxylation is 1. The summed E-state index contributed by atoms with van der Waals surface area (Å²) in [5.74, 6) is 0.665. The zero-order chi connectivity index (χ0) is 17.1. The molecule has 1 aliphatic rings. The molecular formula is C17H22BrClN4O2. The molecule has 1 saturated heterocycles. The minimum absolute atomic E-state index is 0. The van der Waals surface area contributed by atoms with E-state index in [1.54, 1.807) is 4.68 Å². The van der Waals surface area contributed by atoms with Crippen molar-refractivity contribution in [3.8, 4) is 5.75 Å². The average molecular weight is 430 g/mol. The normalized spacial score (nSPS) is 19.3. The van der Waals surface area contributed by atoms with Gasteiger partial charge in [0.05, 0.1) is 24.4 Å². The van der Waals surface area contributed by atoms with Crippen molar-refractivity contribution in [3.63, 3.8) is 0 Å². The largest absolute Gasteiger partial charge is 0.492 e. The van der Waals surface area contributed by atoms with Gasteiger partial charge >= 0.3 is 0 Å². The van der Waals surface area contributed by atoms with Gasteiger partial charge in [0.2, 0.25) is 5.91 Å². The van der Waals surface area contributed by atoms with Gasteiger partial charge in [-0.05, 0) is 30.7 Å². The van der Waals surface area contributed by atoms with Gasteiger partial charge in [-0.3, -0.25) is 9.48 Å². The Labute approximate surface area is 161 Å². The van der Waals surface area contributed by atoms with Crippen LogP contribution >= 0.6 is 28.3 Å². The third-order valence-corrected chi connectivity index (χ3v) is 4.70. The number of rotatable bonds is 5. The third kappa shape index (κ3) is 4.54. The summed E-state index contributed by atoms with van der Waals surface area (Å²) in [4.78, 5) is 12.8. The van der Waals surface area contributed by atoms with Crippen molar-refractivity contribution >= 4 is 39.9 Å². The second kappa shape index (κ2) is 8.69. The highest BCUT2D eigenvalue weighted by Gasteiger charge is 2.35. The Morgan fingerprint density at radius 2 is 2.28 bits per heavy atom. The summed E-state index contributed by atoms with van der Waals surface area (Å²) >= 11 is 3.43. The van der Waals surface area contributed by atoms with Crippen LogP contribution in [0.2, 0.25) is 0 Å². The molecule has 0 bridgehead atoms. The molecule has 2 heterocycles. The molecule has 0 radical (unpaired) electrons. The Hall–Kier alpha value is -1.57. The second-order valence-corrected chi connectivity index (χ2v) is 6.80. The van der Waals surface area contributed by atoms with Crippen LogP contribution in [0.3, 0.4) is 0 Å². The van der Waals surface area contributed by atoms with Crippen LogP contribution in [-0.4, -0.2) is 35.4 Å². The maximum atomic E-state index is 12.8. The van der Waals surface area contributed by atoms with Crippen LogP contribution in [0.15, 0.2) is 35.1 Å². The molecule has 3 rings (SSSR count). The number of halogens is 2. The predicted molar refractivity (Wildman–Crippen MR) is 103 cm³/mol. The predicted octanol–water partition coefficient (Wildman–Crippen LogP) is 2.94. The summed E-state index contributed by atoms with van der Waals surface area (Å²) in [6, 6.07) is 5.61. The van der Waals surface area contributed by atoms with Gasteiger partial charge in [-0.15, -0.1) is 12.4 Å². The summed E-state index contributed by atoms with van der Waals surface area (Å²) < 4.78 is 8.31. The molecule has 1 aromatic carbocycles. The van der Waals surface area contributed by atoms with E-state index in [1.807, 2.05) is 44.6 Å². The Kier molecular flexibility index (Phi) is 6.87. The number of carbonyl (C=O) groups is 1. The van der Waals surface area contributed by atoms with Crippen molar-refractivity contribution in [1.29, 1.82) is 0 Å². The van der Waals surface area contributed by atoms with Crippen molar-refractivity contribution in [2.75, 3.05) is 25.0 Å². The van der Waals surface area contributed by atoms with E-state index in [4.69, 9.17) is 4.74 Å². The first-order valence-corrected chi connectivity index (χ1v) is 8.80. The number of hydrogen-bond acceptors (Lipinski definition) is 4. The molecule has 8 heteroatoms. The molecule has 1 fully saturated rings. The first kappa shape index (κ1) is 19.8. The molecule has 0 aliphatic carbocycles. The lowest BCUT2D eigenvalue weighted by Gasteiger charge is -2.18. The highest BCUT2D eigenvalue weighted by molar-refractivity contribution is 9.10. The van der Waals surface area contributed by atoms with Crippen LogP contribution in [0.5, 0.6) is 5.75 Å². The molecule has 0 saturated carbocycles. The fraction of sp³-hybridized carbons (Fsp3) is 0.412. The summed E-state index contributed by atoms with van der Waals surface area (Å²) in [5, 5.41) is 10.5. The fourth-order valence-electron chi connectivity index (χ4n) is 3.04.